The molecule has 1 aromatic rings. The molecule has 0 radical (unpaired) electrons. The van der Waals surface area contributed by atoms with Crippen LogP contribution in [0.2, 0.25) is 10.0 Å². The fourth-order valence-corrected chi connectivity index (χ4v) is 1.65. The van der Waals surface area contributed by atoms with Gasteiger partial charge in [-0.05, 0) is 12.1 Å². The number of aliphatic hydroxyl groups excluding tert-OH is 1. The van der Waals surface area contributed by atoms with E-state index in [0.717, 1.165) is 12.1 Å². The molecule has 0 aliphatic rings. The van der Waals surface area contributed by atoms with E-state index in [-0.39, 0.29) is 5.02 Å². The van der Waals surface area contributed by atoms with E-state index in [1.165, 1.54) is 0 Å². The first-order valence-corrected chi connectivity index (χ1v) is 5.05. The summed E-state index contributed by atoms with van der Waals surface area (Å²) in [5, 5.41) is 8.34. The molecule has 0 aliphatic heterocycles. The van der Waals surface area contributed by atoms with Gasteiger partial charge in [-0.1, -0.05) is 23.2 Å². The summed E-state index contributed by atoms with van der Waals surface area (Å²) >= 11 is 11.1. The summed E-state index contributed by atoms with van der Waals surface area (Å²) in [6.07, 6.45) is -7.90. The Kier molecular flexibility index (Phi) is 4.24. The Bertz CT molecular complexity index is 424. The molecule has 0 aromatic heterocycles. The molecule has 96 valence electrons. The van der Waals surface area contributed by atoms with Gasteiger partial charge in [0, 0.05) is 5.56 Å². The van der Waals surface area contributed by atoms with E-state index in [9.17, 15) is 17.6 Å². The smallest absolute Gasteiger partial charge is 0.382 e. The molecule has 2 atom stereocenters. The van der Waals surface area contributed by atoms with E-state index < -0.39 is 34.7 Å². The Morgan fingerprint density at radius 1 is 1.24 bits per heavy atom. The van der Waals surface area contributed by atoms with E-state index in [1.807, 2.05) is 0 Å². The first kappa shape index (κ1) is 14.5. The monoisotopic (exact) mass is 291 g/mol. The predicted molar refractivity (Wildman–Crippen MR) is 55.4 cm³/mol. The van der Waals surface area contributed by atoms with Crippen molar-refractivity contribution in [3.05, 3.63) is 33.6 Å². The quantitative estimate of drug-likeness (QED) is 0.650. The van der Waals surface area contributed by atoms with E-state index in [4.69, 9.17) is 34.0 Å². The summed E-state index contributed by atoms with van der Waals surface area (Å²) in [5.74, 6) is -1.06. The first-order chi connectivity index (χ1) is 7.66. The standard InChI is InChI=1S/C9H7Cl2F4NO/c10-3-1-2-4(12)5(6(3)11)7(16)8(17)9(13,14)15/h1-2,7-8,17H,16H2/t7-,8-/m0/s1. The first-order valence-electron chi connectivity index (χ1n) is 4.30. The molecule has 17 heavy (non-hydrogen) atoms. The lowest BCUT2D eigenvalue weighted by Gasteiger charge is -2.23. The van der Waals surface area contributed by atoms with Crippen LogP contribution in [0.3, 0.4) is 0 Å². The van der Waals surface area contributed by atoms with Gasteiger partial charge in [0.05, 0.1) is 16.1 Å². The fourth-order valence-electron chi connectivity index (χ4n) is 1.21. The maximum absolute atomic E-state index is 13.3. The molecule has 2 nitrogen and oxygen atoms in total. The SMILES string of the molecule is N[C@@H](c1c(F)ccc(Cl)c1Cl)[C@H](O)C(F)(F)F. The van der Waals surface area contributed by atoms with Gasteiger partial charge in [-0.15, -0.1) is 0 Å². The Labute approximate surface area is 104 Å². The Morgan fingerprint density at radius 2 is 1.76 bits per heavy atom. The van der Waals surface area contributed by atoms with Gasteiger partial charge in [0.2, 0.25) is 0 Å². The van der Waals surface area contributed by atoms with Gasteiger partial charge < -0.3 is 10.8 Å². The molecule has 0 unspecified atom stereocenters. The number of nitrogens with two attached hydrogens (primary N) is 1. The molecule has 0 spiro atoms. The third kappa shape index (κ3) is 3.01. The minimum absolute atomic E-state index is 0.145. The van der Waals surface area contributed by atoms with Crippen LogP contribution in [0, 0.1) is 5.82 Å². The van der Waals surface area contributed by atoms with Crippen LogP contribution < -0.4 is 5.73 Å². The van der Waals surface area contributed by atoms with Gasteiger partial charge in [0.15, 0.2) is 6.10 Å². The second-order valence-corrected chi connectivity index (χ2v) is 4.05. The zero-order valence-electron chi connectivity index (χ0n) is 8.10. The number of halogens is 6. The average Bonchev–Trinajstić information content (AvgIpc) is 2.21. The summed E-state index contributed by atoms with van der Waals surface area (Å²) in [6, 6.07) is -0.136. The van der Waals surface area contributed by atoms with Crippen molar-refractivity contribution in [2.75, 3.05) is 0 Å². The molecule has 0 saturated carbocycles. The van der Waals surface area contributed by atoms with Crippen molar-refractivity contribution in [1.82, 2.24) is 0 Å². The molecule has 0 amide bonds. The molecule has 3 N–H and O–H groups in total. The van der Waals surface area contributed by atoms with Crippen LogP contribution in [-0.2, 0) is 0 Å². The molecule has 0 saturated heterocycles. The van der Waals surface area contributed by atoms with Gasteiger partial charge in [-0.25, -0.2) is 4.39 Å². The number of aliphatic hydroxyl groups is 1. The molecular weight excluding hydrogens is 285 g/mol. The van der Waals surface area contributed by atoms with Gasteiger partial charge in [-0.3, -0.25) is 0 Å². The zero-order chi connectivity index (χ0) is 13.4. The highest BCUT2D eigenvalue weighted by atomic mass is 35.5. The van der Waals surface area contributed by atoms with Crippen LogP contribution >= 0.6 is 23.2 Å². The lowest BCUT2D eigenvalue weighted by Crippen LogP contribution is -2.39. The van der Waals surface area contributed by atoms with Crippen molar-refractivity contribution >= 4 is 23.2 Å². The summed E-state index contributed by atoms with van der Waals surface area (Å²) in [7, 11) is 0. The normalized spacial score (nSPS) is 15.8. The van der Waals surface area contributed by atoms with Crippen LogP contribution in [-0.4, -0.2) is 17.4 Å². The van der Waals surface area contributed by atoms with Crippen molar-refractivity contribution in [1.29, 1.82) is 0 Å². The second kappa shape index (κ2) is 4.97. The van der Waals surface area contributed by atoms with E-state index in [0.29, 0.717) is 0 Å². The van der Waals surface area contributed by atoms with E-state index in [2.05, 4.69) is 0 Å². The second-order valence-electron chi connectivity index (χ2n) is 3.27. The van der Waals surface area contributed by atoms with Crippen LogP contribution in [0.25, 0.3) is 0 Å². The molecule has 0 aliphatic carbocycles. The van der Waals surface area contributed by atoms with Crippen LogP contribution in [0.15, 0.2) is 12.1 Å². The van der Waals surface area contributed by atoms with Crippen molar-refractivity contribution in [3.63, 3.8) is 0 Å². The van der Waals surface area contributed by atoms with E-state index in [1.54, 1.807) is 0 Å². The molecule has 0 bridgehead atoms. The number of hydrogen-bond acceptors (Lipinski definition) is 2. The number of benzene rings is 1. The summed E-state index contributed by atoms with van der Waals surface area (Å²) < 4.78 is 50.0. The maximum Gasteiger partial charge on any atom is 0.416 e. The zero-order valence-corrected chi connectivity index (χ0v) is 9.61. The molecular formula is C9H7Cl2F4NO. The molecule has 0 fully saturated rings. The number of alkyl halides is 3. The Hall–Kier alpha value is -0.560. The Balaban J connectivity index is 3.21. The van der Waals surface area contributed by atoms with Gasteiger partial charge >= 0.3 is 6.18 Å². The topological polar surface area (TPSA) is 46.2 Å². The summed E-state index contributed by atoms with van der Waals surface area (Å²) in [6.45, 7) is 0. The molecule has 0 heterocycles. The molecule has 1 rings (SSSR count). The highest BCUT2D eigenvalue weighted by Gasteiger charge is 2.44. The highest BCUT2D eigenvalue weighted by Crippen LogP contribution is 2.36. The Morgan fingerprint density at radius 3 is 2.24 bits per heavy atom. The third-order valence-corrected chi connectivity index (χ3v) is 2.91. The fraction of sp³-hybridized carbons (Fsp3) is 0.333. The van der Waals surface area contributed by atoms with Crippen molar-refractivity contribution in [3.8, 4) is 0 Å². The average molecular weight is 292 g/mol. The van der Waals surface area contributed by atoms with E-state index >= 15 is 0 Å². The van der Waals surface area contributed by atoms with Crippen molar-refractivity contribution in [2.45, 2.75) is 18.3 Å². The van der Waals surface area contributed by atoms with Gasteiger partial charge in [0.1, 0.15) is 5.82 Å². The summed E-state index contributed by atoms with van der Waals surface area (Å²) in [4.78, 5) is 0. The van der Waals surface area contributed by atoms with Crippen molar-refractivity contribution in [2.24, 2.45) is 5.73 Å². The number of rotatable bonds is 2. The van der Waals surface area contributed by atoms with Gasteiger partial charge in [0.25, 0.3) is 0 Å². The molecule has 1 aromatic carbocycles. The van der Waals surface area contributed by atoms with Crippen LogP contribution in [0.1, 0.15) is 11.6 Å². The molecule has 8 heteroatoms. The third-order valence-electron chi connectivity index (χ3n) is 2.09. The lowest BCUT2D eigenvalue weighted by atomic mass is 10.0. The largest absolute Gasteiger partial charge is 0.416 e. The van der Waals surface area contributed by atoms with Crippen LogP contribution in [0.5, 0.6) is 0 Å². The highest BCUT2D eigenvalue weighted by molar-refractivity contribution is 6.42. The van der Waals surface area contributed by atoms with Crippen molar-refractivity contribution < 1.29 is 22.7 Å². The predicted octanol–water partition coefficient (Wildman–Crippen LogP) is 3.06. The minimum atomic E-state index is -4.97. The summed E-state index contributed by atoms with van der Waals surface area (Å²) in [5.41, 5.74) is 4.48. The van der Waals surface area contributed by atoms with Gasteiger partial charge in [-0.2, -0.15) is 13.2 Å². The number of hydrogen-bond donors (Lipinski definition) is 2. The lowest BCUT2D eigenvalue weighted by molar-refractivity contribution is -0.210. The minimum Gasteiger partial charge on any atom is -0.382 e. The maximum atomic E-state index is 13.3. The van der Waals surface area contributed by atoms with Crippen LogP contribution in [0.4, 0.5) is 17.6 Å².